The highest BCUT2D eigenvalue weighted by Gasteiger charge is 2.22. The van der Waals surface area contributed by atoms with Crippen molar-refractivity contribution >= 4 is 11.9 Å². The summed E-state index contributed by atoms with van der Waals surface area (Å²) < 4.78 is 5.14. The number of ether oxygens (including phenoxy) is 1. The van der Waals surface area contributed by atoms with Gasteiger partial charge in [-0.25, -0.2) is 0 Å². The van der Waals surface area contributed by atoms with Crippen molar-refractivity contribution in [1.29, 1.82) is 0 Å². The fourth-order valence-electron chi connectivity index (χ4n) is 4.00. The molecule has 0 aliphatic heterocycles. The molecule has 0 aromatic rings. The van der Waals surface area contributed by atoms with E-state index in [9.17, 15) is 9.59 Å². The molecule has 0 fully saturated rings. The lowest BCUT2D eigenvalue weighted by molar-refractivity contribution is -0.153. The molecule has 1 atom stereocenters. The highest BCUT2D eigenvalue weighted by atomic mass is 16.5. The third-order valence-electron chi connectivity index (χ3n) is 6.02. The van der Waals surface area contributed by atoms with Crippen molar-refractivity contribution in [3.8, 4) is 0 Å². The van der Waals surface area contributed by atoms with Gasteiger partial charge in [-0.3, -0.25) is 9.59 Å². The molecule has 0 aliphatic carbocycles. The van der Waals surface area contributed by atoms with E-state index in [1.165, 1.54) is 96.3 Å². The van der Waals surface area contributed by atoms with Gasteiger partial charge in [0, 0.05) is 0 Å². The fraction of sp³-hybridized carbons (Fsp3) is 0.857. The zero-order chi connectivity index (χ0) is 23.7. The van der Waals surface area contributed by atoms with Gasteiger partial charge in [0.05, 0.1) is 18.9 Å². The number of carbonyl (C=O) groups is 2. The van der Waals surface area contributed by atoms with Gasteiger partial charge in [0.15, 0.2) is 0 Å². The summed E-state index contributed by atoms with van der Waals surface area (Å²) in [6.07, 6.45) is 27.7. The first-order valence-electron chi connectivity index (χ1n) is 13.6. The number of carboxylic acids is 1. The summed E-state index contributed by atoms with van der Waals surface area (Å²) in [5, 5.41) is 9.01. The van der Waals surface area contributed by atoms with Crippen molar-refractivity contribution in [3.63, 3.8) is 0 Å². The van der Waals surface area contributed by atoms with E-state index in [2.05, 4.69) is 19.1 Å². The highest BCUT2D eigenvalue weighted by Crippen LogP contribution is 2.18. The Morgan fingerprint density at radius 3 is 1.62 bits per heavy atom. The van der Waals surface area contributed by atoms with E-state index in [0.29, 0.717) is 13.0 Å². The number of hydrogen-bond donors (Lipinski definition) is 1. The van der Waals surface area contributed by atoms with Crippen molar-refractivity contribution in [2.45, 2.75) is 142 Å². The maximum Gasteiger partial charge on any atom is 0.309 e. The Morgan fingerprint density at radius 1 is 0.688 bits per heavy atom. The van der Waals surface area contributed by atoms with Crippen molar-refractivity contribution in [2.24, 2.45) is 5.92 Å². The molecule has 0 heterocycles. The number of unbranched alkanes of at least 4 members (excludes halogenated alkanes) is 15. The van der Waals surface area contributed by atoms with E-state index in [0.717, 1.165) is 19.3 Å². The van der Waals surface area contributed by atoms with Gasteiger partial charge < -0.3 is 9.84 Å². The second-order valence-electron chi connectivity index (χ2n) is 9.25. The fourth-order valence-corrected chi connectivity index (χ4v) is 4.00. The Bertz CT molecular complexity index is 458. The summed E-state index contributed by atoms with van der Waals surface area (Å²) in [5.74, 6) is -1.74. The standard InChI is InChI=1S/C28H52O4/c1-3-5-6-7-8-9-10-11-12-13-14-15-16-17-18-19-20-21-22-23-26(25-27(29)30)28(31)32-24-4-2/h8-9,26H,3-7,10-25H2,1-2H3,(H,29,30)/b9-8+. The van der Waals surface area contributed by atoms with Gasteiger partial charge in [-0.2, -0.15) is 0 Å². The predicted octanol–water partition coefficient (Wildman–Crippen LogP) is 8.63. The largest absolute Gasteiger partial charge is 0.481 e. The molecular formula is C28H52O4. The summed E-state index contributed by atoms with van der Waals surface area (Å²) in [6.45, 7) is 4.57. The zero-order valence-corrected chi connectivity index (χ0v) is 21.3. The number of esters is 1. The smallest absolute Gasteiger partial charge is 0.309 e. The molecule has 188 valence electrons. The van der Waals surface area contributed by atoms with Crippen LogP contribution >= 0.6 is 0 Å². The third kappa shape index (κ3) is 21.9. The van der Waals surface area contributed by atoms with Gasteiger partial charge in [0.25, 0.3) is 0 Å². The minimum absolute atomic E-state index is 0.113. The molecule has 0 saturated carbocycles. The van der Waals surface area contributed by atoms with Crippen LogP contribution in [0.5, 0.6) is 0 Å². The second-order valence-corrected chi connectivity index (χ2v) is 9.25. The molecule has 0 rings (SSSR count). The van der Waals surface area contributed by atoms with Crippen LogP contribution in [0, 0.1) is 5.92 Å². The van der Waals surface area contributed by atoms with E-state index in [-0.39, 0.29) is 12.4 Å². The molecule has 0 spiro atoms. The summed E-state index contributed by atoms with van der Waals surface area (Å²) in [7, 11) is 0. The zero-order valence-electron chi connectivity index (χ0n) is 21.3. The summed E-state index contributed by atoms with van der Waals surface area (Å²) >= 11 is 0. The average molecular weight is 453 g/mol. The molecule has 0 aromatic heterocycles. The molecule has 0 saturated heterocycles. The van der Waals surface area contributed by atoms with Crippen LogP contribution in [0.1, 0.15) is 142 Å². The van der Waals surface area contributed by atoms with Crippen LogP contribution in [-0.2, 0) is 14.3 Å². The molecule has 0 amide bonds. The molecule has 1 unspecified atom stereocenters. The Kier molecular flexibility index (Phi) is 23.3. The molecule has 1 N–H and O–H groups in total. The molecule has 0 bridgehead atoms. The van der Waals surface area contributed by atoms with Crippen molar-refractivity contribution in [2.75, 3.05) is 6.61 Å². The van der Waals surface area contributed by atoms with E-state index in [1.807, 2.05) is 6.92 Å². The van der Waals surface area contributed by atoms with Gasteiger partial charge in [-0.1, -0.05) is 109 Å². The lowest BCUT2D eigenvalue weighted by Crippen LogP contribution is -2.21. The Balaban J connectivity index is 3.45. The van der Waals surface area contributed by atoms with Crippen LogP contribution in [-0.4, -0.2) is 23.7 Å². The first-order valence-corrected chi connectivity index (χ1v) is 13.6. The number of allylic oxidation sites excluding steroid dienone is 2. The van der Waals surface area contributed by atoms with Crippen LogP contribution in [0.3, 0.4) is 0 Å². The van der Waals surface area contributed by atoms with Gasteiger partial charge in [0.1, 0.15) is 0 Å². The van der Waals surface area contributed by atoms with Crippen molar-refractivity contribution in [3.05, 3.63) is 12.2 Å². The number of carbonyl (C=O) groups excluding carboxylic acids is 1. The third-order valence-corrected chi connectivity index (χ3v) is 6.02. The Labute approximate surface area is 198 Å². The van der Waals surface area contributed by atoms with E-state index in [4.69, 9.17) is 9.84 Å². The van der Waals surface area contributed by atoms with E-state index >= 15 is 0 Å². The summed E-state index contributed by atoms with van der Waals surface area (Å²) in [4.78, 5) is 23.0. The molecule has 4 nitrogen and oxygen atoms in total. The van der Waals surface area contributed by atoms with Gasteiger partial charge in [-0.05, 0) is 38.5 Å². The molecule has 0 radical (unpaired) electrons. The lowest BCUT2D eigenvalue weighted by Gasteiger charge is -2.13. The Hall–Kier alpha value is -1.32. The van der Waals surface area contributed by atoms with Crippen LogP contribution in [0.15, 0.2) is 12.2 Å². The number of rotatable bonds is 24. The molecule has 0 aromatic carbocycles. The molecular weight excluding hydrogens is 400 g/mol. The van der Waals surface area contributed by atoms with E-state index < -0.39 is 11.9 Å². The topological polar surface area (TPSA) is 63.6 Å². The van der Waals surface area contributed by atoms with Crippen LogP contribution in [0.4, 0.5) is 0 Å². The van der Waals surface area contributed by atoms with Crippen LogP contribution in [0.2, 0.25) is 0 Å². The van der Waals surface area contributed by atoms with E-state index in [1.54, 1.807) is 0 Å². The molecule has 4 heteroatoms. The average Bonchev–Trinajstić information content (AvgIpc) is 2.77. The van der Waals surface area contributed by atoms with Crippen LogP contribution < -0.4 is 0 Å². The summed E-state index contributed by atoms with van der Waals surface area (Å²) in [5.41, 5.74) is 0. The van der Waals surface area contributed by atoms with Gasteiger partial charge >= 0.3 is 11.9 Å². The Morgan fingerprint density at radius 2 is 1.16 bits per heavy atom. The lowest BCUT2D eigenvalue weighted by atomic mass is 9.97. The minimum atomic E-state index is -0.918. The quantitative estimate of drug-likeness (QED) is 0.0904. The van der Waals surface area contributed by atoms with Gasteiger partial charge in [-0.15, -0.1) is 0 Å². The molecule has 32 heavy (non-hydrogen) atoms. The second kappa shape index (κ2) is 24.3. The van der Waals surface area contributed by atoms with Crippen molar-refractivity contribution < 1.29 is 19.4 Å². The first kappa shape index (κ1) is 30.7. The maximum absolute atomic E-state index is 12.0. The SMILES string of the molecule is CCCCC/C=C/CCCCCCCCCCCCCCC(CC(=O)O)C(=O)OCCC. The number of aliphatic carboxylic acids is 1. The maximum atomic E-state index is 12.0. The van der Waals surface area contributed by atoms with Crippen molar-refractivity contribution in [1.82, 2.24) is 0 Å². The normalized spacial score (nSPS) is 12.3. The van der Waals surface area contributed by atoms with Gasteiger partial charge in [0.2, 0.25) is 0 Å². The molecule has 0 aliphatic rings. The van der Waals surface area contributed by atoms with Crippen LogP contribution in [0.25, 0.3) is 0 Å². The minimum Gasteiger partial charge on any atom is -0.481 e. The monoisotopic (exact) mass is 452 g/mol. The highest BCUT2D eigenvalue weighted by molar-refractivity contribution is 5.79. The first-order chi connectivity index (χ1) is 15.6. The number of carboxylic acid groups (broad SMARTS) is 1. The number of hydrogen-bond acceptors (Lipinski definition) is 3. The summed E-state index contributed by atoms with van der Waals surface area (Å²) in [6, 6.07) is 0. The predicted molar refractivity (Wildman–Crippen MR) is 135 cm³/mol.